The Balaban J connectivity index is 2.56. The summed E-state index contributed by atoms with van der Waals surface area (Å²) in [5, 5.41) is 10.9. The number of nitro groups is 1. The summed E-state index contributed by atoms with van der Waals surface area (Å²) in [7, 11) is 1.36. The van der Waals surface area contributed by atoms with Crippen LogP contribution in [0.4, 0.5) is 11.4 Å². The van der Waals surface area contributed by atoms with Gasteiger partial charge in [0.05, 0.1) is 17.7 Å². The molecular formula is C12H11N3O4. The monoisotopic (exact) mass is 261 g/mol. The summed E-state index contributed by atoms with van der Waals surface area (Å²) >= 11 is 0. The SMILES string of the molecule is COc1ccc(-c2c[nH]c(=O)c(N)c2)cc1[N+](=O)[O-]. The van der Waals surface area contributed by atoms with E-state index >= 15 is 0 Å². The molecule has 0 saturated heterocycles. The van der Waals surface area contributed by atoms with E-state index in [1.165, 1.54) is 31.5 Å². The second kappa shape index (κ2) is 4.81. The van der Waals surface area contributed by atoms with Gasteiger partial charge in [0.25, 0.3) is 5.56 Å². The molecule has 0 fully saturated rings. The smallest absolute Gasteiger partial charge is 0.311 e. The summed E-state index contributed by atoms with van der Waals surface area (Å²) in [5.74, 6) is 0.172. The molecule has 0 aliphatic heterocycles. The van der Waals surface area contributed by atoms with Gasteiger partial charge in [-0.25, -0.2) is 0 Å². The zero-order valence-electron chi connectivity index (χ0n) is 10.0. The molecule has 2 aromatic rings. The molecule has 0 atom stereocenters. The van der Waals surface area contributed by atoms with Gasteiger partial charge in [0.2, 0.25) is 0 Å². The van der Waals surface area contributed by atoms with E-state index in [1.807, 2.05) is 0 Å². The highest BCUT2D eigenvalue weighted by Gasteiger charge is 2.16. The molecule has 0 bridgehead atoms. The van der Waals surface area contributed by atoms with Crippen LogP contribution in [-0.4, -0.2) is 17.0 Å². The van der Waals surface area contributed by atoms with Crippen molar-refractivity contribution in [3.8, 4) is 16.9 Å². The first kappa shape index (κ1) is 12.6. The van der Waals surface area contributed by atoms with Gasteiger partial charge in [-0.1, -0.05) is 6.07 Å². The summed E-state index contributed by atoms with van der Waals surface area (Å²) in [6.45, 7) is 0. The third kappa shape index (κ3) is 2.39. The highest BCUT2D eigenvalue weighted by atomic mass is 16.6. The van der Waals surface area contributed by atoms with Gasteiger partial charge in [0, 0.05) is 17.8 Å². The molecule has 0 aliphatic rings. The number of nitro benzene ring substituents is 1. The van der Waals surface area contributed by atoms with Crippen LogP contribution in [0.1, 0.15) is 0 Å². The third-order valence-electron chi connectivity index (χ3n) is 2.64. The average Bonchev–Trinajstić information content (AvgIpc) is 2.41. The average molecular weight is 261 g/mol. The molecule has 98 valence electrons. The molecule has 0 spiro atoms. The molecule has 0 aliphatic carbocycles. The fourth-order valence-corrected chi connectivity index (χ4v) is 1.68. The van der Waals surface area contributed by atoms with E-state index in [2.05, 4.69) is 4.98 Å². The largest absolute Gasteiger partial charge is 0.490 e. The fraction of sp³-hybridized carbons (Fsp3) is 0.0833. The van der Waals surface area contributed by atoms with Crippen LogP contribution in [0.3, 0.4) is 0 Å². The van der Waals surface area contributed by atoms with Crippen molar-refractivity contribution in [1.82, 2.24) is 4.98 Å². The molecule has 7 nitrogen and oxygen atoms in total. The first-order valence-corrected chi connectivity index (χ1v) is 5.34. The molecule has 1 aromatic carbocycles. The summed E-state index contributed by atoms with van der Waals surface area (Å²) in [4.78, 5) is 24.0. The highest BCUT2D eigenvalue weighted by molar-refractivity contribution is 5.70. The van der Waals surface area contributed by atoms with E-state index < -0.39 is 10.5 Å². The Morgan fingerprint density at radius 2 is 2.05 bits per heavy atom. The molecular weight excluding hydrogens is 250 g/mol. The number of pyridine rings is 1. The summed E-state index contributed by atoms with van der Waals surface area (Å²) in [5.41, 5.74) is 6.17. The maximum Gasteiger partial charge on any atom is 0.311 e. The van der Waals surface area contributed by atoms with Gasteiger partial charge in [-0.2, -0.15) is 0 Å². The molecule has 1 aromatic heterocycles. The van der Waals surface area contributed by atoms with E-state index in [-0.39, 0.29) is 17.1 Å². The number of hydrogen-bond acceptors (Lipinski definition) is 5. The number of benzene rings is 1. The van der Waals surface area contributed by atoms with Crippen molar-refractivity contribution in [3.63, 3.8) is 0 Å². The van der Waals surface area contributed by atoms with Crippen LogP contribution in [0, 0.1) is 10.1 Å². The predicted octanol–water partition coefficient (Wildman–Crippen LogP) is 1.54. The number of nitrogens with two attached hydrogens (primary N) is 1. The van der Waals surface area contributed by atoms with E-state index in [0.717, 1.165) is 0 Å². The first-order valence-electron chi connectivity index (χ1n) is 5.34. The lowest BCUT2D eigenvalue weighted by Crippen LogP contribution is -2.10. The zero-order valence-corrected chi connectivity index (χ0v) is 10.0. The lowest BCUT2D eigenvalue weighted by molar-refractivity contribution is -0.385. The van der Waals surface area contributed by atoms with Crippen LogP contribution in [0.25, 0.3) is 11.1 Å². The Bertz CT molecular complexity index is 694. The predicted molar refractivity (Wildman–Crippen MR) is 70.1 cm³/mol. The van der Waals surface area contributed by atoms with E-state index in [4.69, 9.17) is 10.5 Å². The minimum absolute atomic E-state index is 0.0518. The molecule has 1 heterocycles. The minimum atomic E-state index is -0.530. The molecule has 3 N–H and O–H groups in total. The van der Waals surface area contributed by atoms with Crippen molar-refractivity contribution >= 4 is 11.4 Å². The second-order valence-electron chi connectivity index (χ2n) is 3.82. The van der Waals surface area contributed by atoms with Crippen molar-refractivity contribution in [2.24, 2.45) is 0 Å². The number of nitrogens with one attached hydrogen (secondary N) is 1. The number of H-pyrrole nitrogens is 1. The number of aromatic amines is 1. The number of ether oxygens (including phenoxy) is 1. The molecule has 19 heavy (non-hydrogen) atoms. The van der Waals surface area contributed by atoms with Gasteiger partial charge >= 0.3 is 5.69 Å². The molecule has 7 heteroatoms. The van der Waals surface area contributed by atoms with Gasteiger partial charge in [-0.05, 0) is 17.7 Å². The fourth-order valence-electron chi connectivity index (χ4n) is 1.68. The van der Waals surface area contributed by atoms with Crippen LogP contribution < -0.4 is 16.0 Å². The maximum atomic E-state index is 11.2. The zero-order chi connectivity index (χ0) is 14.0. The van der Waals surface area contributed by atoms with Crippen molar-refractivity contribution in [2.75, 3.05) is 12.8 Å². The van der Waals surface area contributed by atoms with Crippen LogP contribution in [0.5, 0.6) is 5.75 Å². The molecule has 0 unspecified atom stereocenters. The van der Waals surface area contributed by atoms with Gasteiger partial charge in [0.1, 0.15) is 0 Å². The molecule has 0 amide bonds. The molecule has 0 saturated carbocycles. The lowest BCUT2D eigenvalue weighted by Gasteiger charge is -2.05. The van der Waals surface area contributed by atoms with E-state index in [1.54, 1.807) is 6.07 Å². The van der Waals surface area contributed by atoms with E-state index in [0.29, 0.717) is 11.1 Å². The van der Waals surface area contributed by atoms with Crippen molar-refractivity contribution < 1.29 is 9.66 Å². The first-order chi connectivity index (χ1) is 9.02. The number of anilines is 1. The van der Waals surface area contributed by atoms with Gasteiger partial charge in [0.15, 0.2) is 5.75 Å². The van der Waals surface area contributed by atoms with Crippen LogP contribution >= 0.6 is 0 Å². The standard InChI is InChI=1S/C12H11N3O4/c1-19-11-3-2-7(5-10(11)15(17)18)8-4-9(13)12(16)14-6-8/h2-6H,13H2,1H3,(H,14,16). The Morgan fingerprint density at radius 3 is 2.63 bits per heavy atom. The van der Waals surface area contributed by atoms with Crippen molar-refractivity contribution in [2.45, 2.75) is 0 Å². The lowest BCUT2D eigenvalue weighted by atomic mass is 10.1. The Hall–Kier alpha value is -2.83. The van der Waals surface area contributed by atoms with Crippen LogP contribution in [0.15, 0.2) is 35.3 Å². The normalized spacial score (nSPS) is 10.2. The summed E-state index contributed by atoms with van der Waals surface area (Å²) in [6.07, 6.45) is 1.45. The van der Waals surface area contributed by atoms with Gasteiger partial charge in [-0.15, -0.1) is 0 Å². The van der Waals surface area contributed by atoms with Crippen molar-refractivity contribution in [1.29, 1.82) is 0 Å². The number of hydrogen-bond donors (Lipinski definition) is 2. The highest BCUT2D eigenvalue weighted by Crippen LogP contribution is 2.31. The Labute approximate surface area is 107 Å². The number of nitrogen functional groups attached to an aromatic ring is 1. The Kier molecular flexibility index (Phi) is 3.19. The quantitative estimate of drug-likeness (QED) is 0.643. The summed E-state index contributed by atoms with van der Waals surface area (Å²) in [6, 6.07) is 5.98. The topological polar surface area (TPSA) is 111 Å². The summed E-state index contributed by atoms with van der Waals surface area (Å²) < 4.78 is 4.92. The van der Waals surface area contributed by atoms with Crippen LogP contribution in [-0.2, 0) is 0 Å². The molecule has 2 rings (SSSR count). The van der Waals surface area contributed by atoms with E-state index in [9.17, 15) is 14.9 Å². The number of methoxy groups -OCH3 is 1. The van der Waals surface area contributed by atoms with Gasteiger partial charge < -0.3 is 15.5 Å². The number of nitrogens with zero attached hydrogens (tertiary/aromatic N) is 1. The number of aromatic nitrogens is 1. The number of rotatable bonds is 3. The van der Waals surface area contributed by atoms with Crippen LogP contribution in [0.2, 0.25) is 0 Å². The third-order valence-corrected chi connectivity index (χ3v) is 2.64. The minimum Gasteiger partial charge on any atom is -0.490 e. The van der Waals surface area contributed by atoms with Gasteiger partial charge in [-0.3, -0.25) is 14.9 Å². The molecule has 0 radical (unpaired) electrons. The second-order valence-corrected chi connectivity index (χ2v) is 3.82. The maximum absolute atomic E-state index is 11.2. The van der Waals surface area contributed by atoms with Crippen molar-refractivity contribution in [3.05, 3.63) is 50.9 Å². The Morgan fingerprint density at radius 1 is 1.32 bits per heavy atom.